The Morgan fingerprint density at radius 2 is 1.71 bits per heavy atom. The number of anilines is 1. The lowest BCUT2D eigenvalue weighted by molar-refractivity contribution is -0.137. The minimum atomic E-state index is -4.48. The Labute approximate surface area is 199 Å². The van der Waals surface area contributed by atoms with Crippen molar-refractivity contribution >= 4 is 32.5 Å². The number of aromatic amines is 1. The Hall–Kier alpha value is -3.99. The molecule has 0 aliphatic carbocycles. The van der Waals surface area contributed by atoms with E-state index in [1.54, 1.807) is 18.2 Å². The number of ether oxygens (including phenoxy) is 1. The summed E-state index contributed by atoms with van der Waals surface area (Å²) in [5, 5.41) is 3.14. The van der Waals surface area contributed by atoms with E-state index in [0.29, 0.717) is 16.7 Å². The molecule has 0 spiro atoms. The molecule has 1 amide bonds. The van der Waals surface area contributed by atoms with Crippen molar-refractivity contribution in [2.45, 2.75) is 17.6 Å². The van der Waals surface area contributed by atoms with E-state index in [1.807, 2.05) is 0 Å². The molecule has 0 saturated carbocycles. The van der Waals surface area contributed by atoms with Crippen molar-refractivity contribution in [3.8, 4) is 5.75 Å². The molecule has 0 unspecified atom stereocenters. The van der Waals surface area contributed by atoms with Gasteiger partial charge in [-0.3, -0.25) is 9.52 Å². The van der Waals surface area contributed by atoms with Gasteiger partial charge in [-0.1, -0.05) is 24.3 Å². The number of carbonyl (C=O) groups is 1. The normalized spacial score (nSPS) is 11.9. The molecule has 11 heteroatoms. The van der Waals surface area contributed by atoms with Crippen molar-refractivity contribution in [2.75, 3.05) is 11.8 Å². The van der Waals surface area contributed by atoms with Gasteiger partial charge in [-0.15, -0.1) is 0 Å². The molecule has 182 valence electrons. The second kappa shape index (κ2) is 9.34. The number of hydrogen-bond acceptors (Lipinski definition) is 4. The summed E-state index contributed by atoms with van der Waals surface area (Å²) in [6.07, 6.45) is -4.48. The van der Waals surface area contributed by atoms with Gasteiger partial charge in [0.15, 0.2) is 0 Å². The predicted molar refractivity (Wildman–Crippen MR) is 125 cm³/mol. The first-order chi connectivity index (χ1) is 16.6. The van der Waals surface area contributed by atoms with Gasteiger partial charge in [-0.25, -0.2) is 8.42 Å². The van der Waals surface area contributed by atoms with Crippen LogP contribution >= 0.6 is 0 Å². The number of benzene rings is 3. The van der Waals surface area contributed by atoms with Crippen LogP contribution in [0.5, 0.6) is 5.75 Å². The van der Waals surface area contributed by atoms with Crippen LogP contribution in [-0.4, -0.2) is 26.4 Å². The molecule has 1 aromatic heterocycles. The van der Waals surface area contributed by atoms with Crippen LogP contribution in [0.3, 0.4) is 0 Å². The third-order valence-electron chi connectivity index (χ3n) is 5.22. The molecule has 0 fully saturated rings. The van der Waals surface area contributed by atoms with Crippen LogP contribution in [0.1, 0.15) is 21.6 Å². The number of nitrogens with one attached hydrogen (secondary N) is 3. The van der Waals surface area contributed by atoms with Gasteiger partial charge in [0, 0.05) is 11.9 Å². The zero-order chi connectivity index (χ0) is 25.2. The van der Waals surface area contributed by atoms with Gasteiger partial charge in [-0.2, -0.15) is 13.2 Å². The van der Waals surface area contributed by atoms with Crippen LogP contribution in [0, 0.1) is 0 Å². The number of sulfonamides is 1. The number of fused-ring (bicyclic) bond motifs is 1. The lowest BCUT2D eigenvalue weighted by Gasteiger charge is -2.10. The van der Waals surface area contributed by atoms with Gasteiger partial charge in [0.1, 0.15) is 11.4 Å². The number of alkyl halides is 3. The largest absolute Gasteiger partial charge is 0.497 e. The van der Waals surface area contributed by atoms with Gasteiger partial charge in [-0.05, 0) is 54.1 Å². The third kappa shape index (κ3) is 5.40. The second-order valence-electron chi connectivity index (χ2n) is 7.61. The number of para-hydroxylation sites is 1. The zero-order valence-corrected chi connectivity index (χ0v) is 19.1. The Morgan fingerprint density at radius 3 is 2.40 bits per heavy atom. The van der Waals surface area contributed by atoms with E-state index in [-0.39, 0.29) is 28.4 Å². The van der Waals surface area contributed by atoms with Crippen LogP contribution < -0.4 is 14.8 Å². The summed E-state index contributed by atoms with van der Waals surface area (Å²) < 4.78 is 71.9. The Morgan fingerprint density at radius 1 is 1.00 bits per heavy atom. The number of H-pyrrole nitrogens is 1. The van der Waals surface area contributed by atoms with Crippen LogP contribution in [0.25, 0.3) is 10.9 Å². The summed E-state index contributed by atoms with van der Waals surface area (Å²) in [4.78, 5) is 15.6. The second-order valence-corrected chi connectivity index (χ2v) is 9.30. The van der Waals surface area contributed by atoms with Gasteiger partial charge >= 0.3 is 6.18 Å². The van der Waals surface area contributed by atoms with Crippen molar-refractivity contribution < 1.29 is 31.1 Å². The highest BCUT2D eigenvalue weighted by atomic mass is 32.2. The molecule has 3 N–H and O–H groups in total. The predicted octanol–water partition coefficient (Wildman–Crippen LogP) is 4.93. The number of carbonyl (C=O) groups excluding carboxylic acids is 1. The number of amides is 1. The minimum Gasteiger partial charge on any atom is -0.497 e. The Balaban J connectivity index is 1.53. The van der Waals surface area contributed by atoms with Crippen LogP contribution in [0.4, 0.5) is 18.9 Å². The summed E-state index contributed by atoms with van der Waals surface area (Å²) in [5.74, 6) is -0.0428. The van der Waals surface area contributed by atoms with E-state index >= 15 is 0 Å². The molecule has 3 aromatic carbocycles. The highest BCUT2D eigenvalue weighted by Crippen LogP contribution is 2.30. The molecule has 35 heavy (non-hydrogen) atoms. The molecule has 0 saturated heterocycles. The van der Waals surface area contributed by atoms with Gasteiger partial charge in [0.05, 0.1) is 28.8 Å². The van der Waals surface area contributed by atoms with E-state index in [2.05, 4.69) is 15.0 Å². The standard InChI is InChI=1S/C24H20F3N3O4S/c1-34-18-8-10-19(11-9-18)35(32,33)30-20-7-3-5-16-13-21(29-22(16)20)23(31)28-14-15-4-2-6-17(12-15)24(25,26)27/h2-13,29-30H,14H2,1H3,(H,28,31). The van der Waals surface area contributed by atoms with Gasteiger partial charge in [0.2, 0.25) is 0 Å². The van der Waals surface area contributed by atoms with E-state index < -0.39 is 27.7 Å². The monoisotopic (exact) mass is 503 g/mol. The number of methoxy groups -OCH3 is 1. The first-order valence-corrected chi connectivity index (χ1v) is 11.8. The van der Waals surface area contributed by atoms with Gasteiger partial charge in [0.25, 0.3) is 15.9 Å². The van der Waals surface area contributed by atoms with Crippen LogP contribution in [0.15, 0.2) is 77.7 Å². The fourth-order valence-electron chi connectivity index (χ4n) is 3.46. The summed E-state index contributed by atoms with van der Waals surface area (Å²) in [6.45, 7) is -0.116. The maximum absolute atomic E-state index is 12.9. The quantitative estimate of drug-likeness (QED) is 0.333. The zero-order valence-electron chi connectivity index (χ0n) is 18.3. The van der Waals surface area contributed by atoms with Crippen LogP contribution in [0.2, 0.25) is 0 Å². The molecule has 4 aromatic rings. The summed E-state index contributed by atoms with van der Waals surface area (Å²) in [6, 6.07) is 16.9. The van der Waals surface area contributed by atoms with E-state index in [9.17, 15) is 26.4 Å². The molecule has 4 rings (SSSR count). The fourth-order valence-corrected chi connectivity index (χ4v) is 4.53. The van der Waals surface area contributed by atoms with E-state index in [1.165, 1.54) is 49.6 Å². The first kappa shape index (κ1) is 24.1. The number of rotatable bonds is 7. The number of aromatic nitrogens is 1. The smallest absolute Gasteiger partial charge is 0.416 e. The molecular weight excluding hydrogens is 483 g/mol. The van der Waals surface area contributed by atoms with Crippen molar-refractivity contribution in [3.63, 3.8) is 0 Å². The molecule has 0 bridgehead atoms. The van der Waals surface area contributed by atoms with Crippen LogP contribution in [-0.2, 0) is 22.7 Å². The molecule has 0 atom stereocenters. The Bertz CT molecular complexity index is 1480. The van der Waals surface area contributed by atoms with Crippen molar-refractivity contribution in [3.05, 3.63) is 89.6 Å². The summed E-state index contributed by atoms with van der Waals surface area (Å²) >= 11 is 0. The lowest BCUT2D eigenvalue weighted by Crippen LogP contribution is -2.23. The molecule has 0 radical (unpaired) electrons. The molecule has 0 aliphatic heterocycles. The van der Waals surface area contributed by atoms with Crippen molar-refractivity contribution in [1.82, 2.24) is 10.3 Å². The first-order valence-electron chi connectivity index (χ1n) is 10.3. The molecule has 7 nitrogen and oxygen atoms in total. The summed E-state index contributed by atoms with van der Waals surface area (Å²) in [7, 11) is -2.45. The average molecular weight is 504 g/mol. The maximum Gasteiger partial charge on any atom is 0.416 e. The molecular formula is C24H20F3N3O4S. The topological polar surface area (TPSA) is 100 Å². The lowest BCUT2D eigenvalue weighted by atomic mass is 10.1. The fraction of sp³-hybridized carbons (Fsp3) is 0.125. The summed E-state index contributed by atoms with van der Waals surface area (Å²) in [5.41, 5.74) is 0.230. The third-order valence-corrected chi connectivity index (χ3v) is 6.60. The van der Waals surface area contributed by atoms with E-state index in [0.717, 1.165) is 12.1 Å². The molecule has 1 heterocycles. The van der Waals surface area contributed by atoms with E-state index in [4.69, 9.17) is 4.74 Å². The number of hydrogen-bond donors (Lipinski definition) is 3. The number of halogens is 3. The average Bonchev–Trinajstić information content (AvgIpc) is 3.28. The molecule has 0 aliphatic rings. The highest BCUT2D eigenvalue weighted by molar-refractivity contribution is 7.92. The SMILES string of the molecule is COc1ccc(S(=O)(=O)Nc2cccc3cc(C(=O)NCc4cccc(C(F)(F)F)c4)[nH]c23)cc1. The maximum atomic E-state index is 12.9. The van der Waals surface area contributed by atoms with Gasteiger partial charge < -0.3 is 15.0 Å². The Kier molecular flexibility index (Phi) is 6.44. The van der Waals surface area contributed by atoms with Crippen molar-refractivity contribution in [1.29, 1.82) is 0 Å². The highest BCUT2D eigenvalue weighted by Gasteiger charge is 2.30. The van der Waals surface area contributed by atoms with Crippen molar-refractivity contribution in [2.24, 2.45) is 0 Å². The minimum absolute atomic E-state index is 0.0286.